The van der Waals surface area contributed by atoms with Crippen LogP contribution in [0.5, 0.6) is 0 Å². The maximum Gasteiger partial charge on any atom is 0.0122 e. The molecule has 0 amide bonds. The van der Waals surface area contributed by atoms with Crippen LogP contribution in [0.15, 0.2) is 119 Å². The molecule has 0 aliphatic heterocycles. The minimum Gasteiger partial charge on any atom is -0.0901 e. The van der Waals surface area contributed by atoms with Gasteiger partial charge in [0.05, 0.1) is 0 Å². The molecule has 0 saturated heterocycles. The molecule has 0 aliphatic carbocycles. The summed E-state index contributed by atoms with van der Waals surface area (Å²) in [5.74, 6) is 0. The van der Waals surface area contributed by atoms with Crippen LogP contribution in [0.4, 0.5) is 0 Å². The molecule has 0 fully saturated rings. The van der Waals surface area contributed by atoms with Crippen LogP contribution in [-0.4, -0.2) is 0 Å². The lowest BCUT2D eigenvalue weighted by Gasteiger charge is -2.03. The van der Waals surface area contributed by atoms with Gasteiger partial charge in [0.15, 0.2) is 0 Å². The minimum atomic E-state index is 1.21. The summed E-state index contributed by atoms with van der Waals surface area (Å²) in [6, 6.07) is 38.1. The molecular formula is C28H22S. The van der Waals surface area contributed by atoms with Gasteiger partial charge in [-0.05, 0) is 46.5 Å². The van der Waals surface area contributed by atoms with Crippen molar-refractivity contribution in [2.75, 3.05) is 0 Å². The van der Waals surface area contributed by atoms with E-state index in [1.165, 1.54) is 32.0 Å². The zero-order valence-electron chi connectivity index (χ0n) is 16.1. The van der Waals surface area contributed by atoms with Crippen molar-refractivity contribution in [2.45, 2.75) is 9.79 Å². The molecule has 140 valence electrons. The Hall–Kier alpha value is -3.29. The fourth-order valence-corrected chi connectivity index (χ4v) is 3.76. The zero-order chi connectivity index (χ0) is 19.7. The van der Waals surface area contributed by atoms with Crippen molar-refractivity contribution in [1.29, 1.82) is 0 Å². The average Bonchev–Trinajstić information content (AvgIpc) is 2.80. The first-order chi connectivity index (χ1) is 14.3. The molecule has 0 radical (unpaired) electrons. The molecule has 4 aromatic carbocycles. The number of benzene rings is 4. The third kappa shape index (κ3) is 5.84. The van der Waals surface area contributed by atoms with Crippen molar-refractivity contribution < 1.29 is 0 Å². The smallest absolute Gasteiger partial charge is 0.0122 e. The van der Waals surface area contributed by atoms with Crippen LogP contribution in [0.1, 0.15) is 22.3 Å². The molecule has 0 N–H and O–H groups in total. The zero-order valence-corrected chi connectivity index (χ0v) is 16.9. The molecule has 0 aromatic heterocycles. The van der Waals surface area contributed by atoms with Crippen molar-refractivity contribution in [3.05, 3.63) is 131 Å². The van der Waals surface area contributed by atoms with Gasteiger partial charge in [-0.2, -0.15) is 0 Å². The SMILES string of the molecule is C(=C\c1ccc(Sc2ccc(/C=C/c3ccccc3)cc2)cc1)/c1ccccc1. The Kier molecular flexibility index (Phi) is 6.42. The highest BCUT2D eigenvalue weighted by Gasteiger charge is 1.98. The van der Waals surface area contributed by atoms with E-state index < -0.39 is 0 Å². The fourth-order valence-electron chi connectivity index (χ4n) is 2.94. The third-order valence-corrected chi connectivity index (χ3v) is 5.55. The van der Waals surface area contributed by atoms with Gasteiger partial charge in [-0.3, -0.25) is 0 Å². The predicted molar refractivity (Wildman–Crippen MR) is 128 cm³/mol. The van der Waals surface area contributed by atoms with Crippen LogP contribution >= 0.6 is 11.8 Å². The Morgan fingerprint density at radius 1 is 0.345 bits per heavy atom. The van der Waals surface area contributed by atoms with Gasteiger partial charge in [0.1, 0.15) is 0 Å². The Morgan fingerprint density at radius 3 is 1.00 bits per heavy atom. The lowest BCUT2D eigenvalue weighted by atomic mass is 10.1. The van der Waals surface area contributed by atoms with Crippen LogP contribution in [0, 0.1) is 0 Å². The van der Waals surface area contributed by atoms with Crippen LogP contribution in [0.3, 0.4) is 0 Å². The number of hydrogen-bond acceptors (Lipinski definition) is 1. The Labute approximate surface area is 177 Å². The second-order valence-corrected chi connectivity index (χ2v) is 7.88. The van der Waals surface area contributed by atoms with E-state index in [4.69, 9.17) is 0 Å². The van der Waals surface area contributed by atoms with Crippen LogP contribution in [0.2, 0.25) is 0 Å². The summed E-state index contributed by atoms with van der Waals surface area (Å²) in [5, 5.41) is 0. The van der Waals surface area contributed by atoms with Gasteiger partial charge >= 0.3 is 0 Å². The maximum absolute atomic E-state index is 2.18. The summed E-state index contributed by atoms with van der Waals surface area (Å²) in [7, 11) is 0. The molecular weight excluding hydrogens is 368 g/mol. The molecule has 4 rings (SSSR count). The second-order valence-electron chi connectivity index (χ2n) is 6.73. The molecule has 0 saturated carbocycles. The van der Waals surface area contributed by atoms with Gasteiger partial charge in [-0.1, -0.05) is 121 Å². The highest BCUT2D eigenvalue weighted by atomic mass is 32.2. The van der Waals surface area contributed by atoms with E-state index in [-0.39, 0.29) is 0 Å². The van der Waals surface area contributed by atoms with Gasteiger partial charge in [-0.15, -0.1) is 0 Å². The normalized spacial score (nSPS) is 11.3. The molecule has 0 atom stereocenters. The summed E-state index contributed by atoms with van der Waals surface area (Å²) in [4.78, 5) is 2.49. The molecule has 0 aliphatic rings. The first-order valence-electron chi connectivity index (χ1n) is 9.69. The molecule has 0 bridgehead atoms. The second kappa shape index (κ2) is 9.77. The molecule has 0 unspecified atom stereocenters. The largest absolute Gasteiger partial charge is 0.0901 e. The average molecular weight is 391 g/mol. The highest BCUT2D eigenvalue weighted by molar-refractivity contribution is 7.99. The highest BCUT2D eigenvalue weighted by Crippen LogP contribution is 2.28. The minimum absolute atomic E-state index is 1.21. The summed E-state index contributed by atoms with van der Waals surface area (Å²) in [6.07, 6.45) is 8.59. The van der Waals surface area contributed by atoms with E-state index in [1.807, 2.05) is 12.1 Å². The Balaban J connectivity index is 1.36. The Bertz CT molecular complexity index is 984. The summed E-state index contributed by atoms with van der Waals surface area (Å²) in [6.45, 7) is 0. The lowest BCUT2D eigenvalue weighted by molar-refractivity contribution is 1.40. The van der Waals surface area contributed by atoms with Gasteiger partial charge in [0.2, 0.25) is 0 Å². The van der Waals surface area contributed by atoms with Gasteiger partial charge < -0.3 is 0 Å². The quantitative estimate of drug-likeness (QED) is 0.299. The van der Waals surface area contributed by atoms with Crippen LogP contribution in [0.25, 0.3) is 24.3 Å². The molecule has 29 heavy (non-hydrogen) atoms. The van der Waals surface area contributed by atoms with Crippen molar-refractivity contribution in [1.82, 2.24) is 0 Å². The van der Waals surface area contributed by atoms with E-state index in [0.29, 0.717) is 0 Å². The first kappa shape index (κ1) is 19.0. The van der Waals surface area contributed by atoms with Crippen molar-refractivity contribution in [2.24, 2.45) is 0 Å². The van der Waals surface area contributed by atoms with Crippen molar-refractivity contribution in [3.8, 4) is 0 Å². The van der Waals surface area contributed by atoms with Crippen LogP contribution < -0.4 is 0 Å². The monoisotopic (exact) mass is 390 g/mol. The lowest BCUT2D eigenvalue weighted by Crippen LogP contribution is -1.77. The predicted octanol–water partition coefficient (Wildman–Crippen LogP) is 8.18. The van der Waals surface area contributed by atoms with E-state index in [9.17, 15) is 0 Å². The van der Waals surface area contributed by atoms with Gasteiger partial charge in [-0.25, -0.2) is 0 Å². The number of hydrogen-bond donors (Lipinski definition) is 0. The van der Waals surface area contributed by atoms with E-state index >= 15 is 0 Å². The van der Waals surface area contributed by atoms with Crippen molar-refractivity contribution >= 4 is 36.1 Å². The number of rotatable bonds is 6. The molecule has 1 heteroatoms. The van der Waals surface area contributed by atoms with E-state index in [2.05, 4.69) is 121 Å². The van der Waals surface area contributed by atoms with E-state index in [0.717, 1.165) is 0 Å². The van der Waals surface area contributed by atoms with Crippen LogP contribution in [-0.2, 0) is 0 Å². The molecule has 4 aromatic rings. The molecule has 0 spiro atoms. The topological polar surface area (TPSA) is 0 Å². The van der Waals surface area contributed by atoms with E-state index in [1.54, 1.807) is 11.8 Å². The maximum atomic E-state index is 2.18. The van der Waals surface area contributed by atoms with Gasteiger partial charge in [0, 0.05) is 9.79 Å². The molecule has 0 nitrogen and oxygen atoms in total. The third-order valence-electron chi connectivity index (χ3n) is 4.53. The summed E-state index contributed by atoms with van der Waals surface area (Å²) < 4.78 is 0. The van der Waals surface area contributed by atoms with Crippen molar-refractivity contribution in [3.63, 3.8) is 0 Å². The standard InChI is InChI=1S/C28H22S/c1-3-7-23(8-4-1)11-13-25-15-19-27(20-16-25)29-28-21-17-26(18-22-28)14-12-24-9-5-2-6-10-24/h1-22H/b13-11+,14-12+. The summed E-state index contributed by atoms with van der Waals surface area (Å²) in [5.41, 5.74) is 4.85. The summed E-state index contributed by atoms with van der Waals surface area (Å²) >= 11 is 1.79. The molecule has 0 heterocycles. The fraction of sp³-hybridized carbons (Fsp3) is 0. The van der Waals surface area contributed by atoms with Gasteiger partial charge in [0.25, 0.3) is 0 Å². The first-order valence-corrected chi connectivity index (χ1v) is 10.5. The Morgan fingerprint density at radius 2 is 0.655 bits per heavy atom.